The lowest BCUT2D eigenvalue weighted by Crippen LogP contribution is -2.38. The number of hydrogen-bond acceptors (Lipinski definition) is 5. The van der Waals surface area contributed by atoms with Gasteiger partial charge in [0.15, 0.2) is 5.78 Å². The molecule has 0 radical (unpaired) electrons. The molecule has 1 aliphatic carbocycles. The van der Waals surface area contributed by atoms with E-state index in [1.54, 1.807) is 21.3 Å². The van der Waals surface area contributed by atoms with Gasteiger partial charge < -0.3 is 19.5 Å². The molecule has 156 valence electrons. The lowest BCUT2D eigenvalue weighted by Gasteiger charge is -2.35. The molecule has 4 rings (SSSR count). The number of ether oxygens (including phenoxy) is 3. The largest absolute Gasteiger partial charge is 0.497 e. The van der Waals surface area contributed by atoms with Crippen LogP contribution in [0.15, 0.2) is 53.7 Å². The number of carbonyl (C=O) groups is 2. The number of amides is 1. The third kappa shape index (κ3) is 3.65. The number of allylic oxidation sites excluding steroid dienone is 2. The van der Waals surface area contributed by atoms with Crippen molar-refractivity contribution < 1.29 is 23.8 Å². The summed E-state index contributed by atoms with van der Waals surface area (Å²) in [6.45, 7) is 0. The zero-order valence-electron chi connectivity index (χ0n) is 17.4. The number of nitrogens with one attached hydrogen (secondary N) is 1. The van der Waals surface area contributed by atoms with Crippen LogP contribution in [-0.2, 0) is 9.59 Å². The fourth-order valence-electron chi connectivity index (χ4n) is 4.47. The van der Waals surface area contributed by atoms with Gasteiger partial charge in [0.2, 0.25) is 5.91 Å². The van der Waals surface area contributed by atoms with Crippen LogP contribution < -0.4 is 19.5 Å². The molecule has 0 saturated heterocycles. The monoisotopic (exact) mass is 407 g/mol. The number of methoxy groups -OCH3 is 3. The van der Waals surface area contributed by atoms with Crippen LogP contribution in [0.25, 0.3) is 0 Å². The van der Waals surface area contributed by atoms with Crippen molar-refractivity contribution >= 4 is 11.7 Å². The highest BCUT2D eigenvalue weighted by Gasteiger charge is 2.39. The average molecular weight is 407 g/mol. The molecule has 0 fully saturated rings. The summed E-state index contributed by atoms with van der Waals surface area (Å²) in [5.74, 6) is 1.67. The van der Waals surface area contributed by atoms with Crippen LogP contribution in [-0.4, -0.2) is 33.0 Å². The summed E-state index contributed by atoms with van der Waals surface area (Å²) < 4.78 is 16.2. The molecule has 2 aliphatic rings. The van der Waals surface area contributed by atoms with Gasteiger partial charge in [-0.15, -0.1) is 0 Å². The molecule has 30 heavy (non-hydrogen) atoms. The van der Waals surface area contributed by atoms with Crippen molar-refractivity contribution in [3.8, 4) is 17.2 Å². The molecule has 6 heteroatoms. The van der Waals surface area contributed by atoms with E-state index in [1.807, 2.05) is 42.5 Å². The fourth-order valence-corrected chi connectivity index (χ4v) is 4.47. The highest BCUT2D eigenvalue weighted by molar-refractivity contribution is 6.02. The van der Waals surface area contributed by atoms with Crippen LogP contribution in [0.4, 0.5) is 0 Å². The Bertz CT molecular complexity index is 1030. The van der Waals surface area contributed by atoms with Gasteiger partial charge in [0.25, 0.3) is 0 Å². The molecule has 2 aromatic carbocycles. The average Bonchev–Trinajstić information content (AvgIpc) is 2.77. The highest BCUT2D eigenvalue weighted by atomic mass is 16.5. The third-order valence-corrected chi connectivity index (χ3v) is 5.91. The van der Waals surface area contributed by atoms with Crippen molar-refractivity contribution in [3.63, 3.8) is 0 Å². The van der Waals surface area contributed by atoms with Crippen LogP contribution in [0.2, 0.25) is 0 Å². The van der Waals surface area contributed by atoms with E-state index >= 15 is 0 Å². The smallest absolute Gasteiger partial charge is 0.225 e. The van der Waals surface area contributed by atoms with E-state index in [9.17, 15) is 9.59 Å². The Morgan fingerprint density at radius 1 is 0.867 bits per heavy atom. The maximum Gasteiger partial charge on any atom is 0.225 e. The molecule has 2 atom stereocenters. The predicted octanol–water partition coefficient (Wildman–Crippen LogP) is 3.72. The van der Waals surface area contributed by atoms with Crippen molar-refractivity contribution in [1.82, 2.24) is 5.32 Å². The Hall–Kier alpha value is -3.28. The first kappa shape index (κ1) is 20.0. The minimum Gasteiger partial charge on any atom is -0.497 e. The first-order valence-corrected chi connectivity index (χ1v) is 9.96. The molecule has 0 bridgehead atoms. The van der Waals surface area contributed by atoms with Gasteiger partial charge in [0.05, 0.1) is 21.3 Å². The zero-order chi connectivity index (χ0) is 21.3. The summed E-state index contributed by atoms with van der Waals surface area (Å²) in [5, 5.41) is 2.96. The summed E-state index contributed by atoms with van der Waals surface area (Å²) in [6, 6.07) is 13.2. The first-order valence-electron chi connectivity index (χ1n) is 9.96. The standard InChI is InChI=1S/C24H25NO5/c1-28-16-6-4-5-14(9-16)15-10-20-24(21(26)11-15)19(13-23(27)25-20)18-12-17(29-2)7-8-22(18)30-3/h4-9,12,15,19H,10-11,13H2,1-3H3,(H,25,27). The van der Waals surface area contributed by atoms with Gasteiger partial charge >= 0.3 is 0 Å². The van der Waals surface area contributed by atoms with Crippen molar-refractivity contribution in [2.75, 3.05) is 21.3 Å². The van der Waals surface area contributed by atoms with Gasteiger partial charge in [0.1, 0.15) is 17.2 Å². The van der Waals surface area contributed by atoms with E-state index in [1.165, 1.54) is 0 Å². The van der Waals surface area contributed by atoms with Crippen molar-refractivity contribution in [2.45, 2.75) is 31.1 Å². The van der Waals surface area contributed by atoms with Crippen molar-refractivity contribution in [3.05, 3.63) is 64.9 Å². The highest BCUT2D eigenvalue weighted by Crippen LogP contribution is 2.45. The second-order valence-corrected chi connectivity index (χ2v) is 7.61. The van der Waals surface area contributed by atoms with Crippen LogP contribution >= 0.6 is 0 Å². The first-order chi connectivity index (χ1) is 14.5. The Kier molecular flexibility index (Phi) is 5.48. The molecular weight excluding hydrogens is 382 g/mol. The Labute approximate surface area is 175 Å². The van der Waals surface area contributed by atoms with Gasteiger partial charge in [-0.05, 0) is 48.2 Å². The number of hydrogen-bond donors (Lipinski definition) is 1. The molecule has 1 aliphatic heterocycles. The summed E-state index contributed by atoms with van der Waals surface area (Å²) in [6.07, 6.45) is 1.20. The minimum atomic E-state index is -0.349. The summed E-state index contributed by atoms with van der Waals surface area (Å²) in [4.78, 5) is 25.9. The van der Waals surface area contributed by atoms with Gasteiger partial charge in [0, 0.05) is 35.6 Å². The van der Waals surface area contributed by atoms with Crippen LogP contribution in [0, 0.1) is 0 Å². The maximum absolute atomic E-state index is 13.3. The molecule has 6 nitrogen and oxygen atoms in total. The number of ketones is 1. The lowest BCUT2D eigenvalue weighted by molar-refractivity contribution is -0.122. The van der Waals surface area contributed by atoms with Crippen LogP contribution in [0.5, 0.6) is 17.2 Å². The van der Waals surface area contributed by atoms with E-state index in [-0.39, 0.29) is 29.9 Å². The quantitative estimate of drug-likeness (QED) is 0.818. The molecule has 0 aromatic heterocycles. The predicted molar refractivity (Wildman–Crippen MR) is 112 cm³/mol. The second-order valence-electron chi connectivity index (χ2n) is 7.61. The Balaban J connectivity index is 1.74. The molecular formula is C24H25NO5. The van der Waals surface area contributed by atoms with E-state index in [4.69, 9.17) is 14.2 Å². The summed E-state index contributed by atoms with van der Waals surface area (Å²) in [5.41, 5.74) is 3.22. The van der Waals surface area contributed by atoms with E-state index in [2.05, 4.69) is 5.32 Å². The van der Waals surface area contributed by atoms with Gasteiger partial charge in [-0.25, -0.2) is 0 Å². The third-order valence-electron chi connectivity index (χ3n) is 5.91. The zero-order valence-corrected chi connectivity index (χ0v) is 17.4. The van der Waals surface area contributed by atoms with Crippen LogP contribution in [0.1, 0.15) is 42.2 Å². The molecule has 2 unspecified atom stereocenters. The molecule has 1 N–H and O–H groups in total. The number of rotatable bonds is 5. The number of Topliss-reactive ketones (excluding diaryl/α,β-unsaturated/α-hetero) is 1. The lowest BCUT2D eigenvalue weighted by atomic mass is 9.73. The number of carbonyl (C=O) groups excluding carboxylic acids is 2. The molecule has 0 saturated carbocycles. The Morgan fingerprint density at radius 2 is 1.63 bits per heavy atom. The minimum absolute atomic E-state index is 0.00222. The SMILES string of the molecule is COc1cccc(C2CC(=O)C3=C(C2)NC(=O)CC3c2cc(OC)ccc2OC)c1. The summed E-state index contributed by atoms with van der Waals surface area (Å²) >= 11 is 0. The van der Waals surface area contributed by atoms with Crippen molar-refractivity contribution in [2.24, 2.45) is 0 Å². The summed E-state index contributed by atoms with van der Waals surface area (Å²) in [7, 11) is 4.80. The molecule has 0 spiro atoms. The van der Waals surface area contributed by atoms with Gasteiger partial charge in [-0.1, -0.05) is 12.1 Å². The topological polar surface area (TPSA) is 73.9 Å². The second kappa shape index (κ2) is 8.22. The fraction of sp³-hybridized carbons (Fsp3) is 0.333. The van der Waals surface area contributed by atoms with E-state index in [0.717, 1.165) is 16.9 Å². The number of benzene rings is 2. The van der Waals surface area contributed by atoms with Gasteiger partial charge in [-0.2, -0.15) is 0 Å². The molecule has 1 amide bonds. The molecule has 2 aromatic rings. The molecule has 1 heterocycles. The van der Waals surface area contributed by atoms with Crippen LogP contribution in [0.3, 0.4) is 0 Å². The van der Waals surface area contributed by atoms with Gasteiger partial charge in [-0.3, -0.25) is 9.59 Å². The maximum atomic E-state index is 13.3. The Morgan fingerprint density at radius 3 is 2.37 bits per heavy atom. The van der Waals surface area contributed by atoms with E-state index < -0.39 is 0 Å². The van der Waals surface area contributed by atoms with E-state index in [0.29, 0.717) is 35.6 Å². The van der Waals surface area contributed by atoms with Crippen molar-refractivity contribution in [1.29, 1.82) is 0 Å². The normalized spacial score (nSPS) is 21.0.